The van der Waals surface area contributed by atoms with Crippen LogP contribution in [0.5, 0.6) is 0 Å². The van der Waals surface area contributed by atoms with E-state index in [4.69, 9.17) is 16.6 Å². The Labute approximate surface area is 170 Å². The molecule has 4 rings (SSSR count). The lowest BCUT2D eigenvalue weighted by atomic mass is 10.0. The van der Waals surface area contributed by atoms with E-state index in [-0.39, 0.29) is 6.10 Å². The van der Waals surface area contributed by atoms with E-state index in [0.717, 1.165) is 42.0 Å². The van der Waals surface area contributed by atoms with Crippen LogP contribution in [0.25, 0.3) is 22.5 Å². The summed E-state index contributed by atoms with van der Waals surface area (Å²) in [5.74, 6) is 0.581. The summed E-state index contributed by atoms with van der Waals surface area (Å²) in [6.07, 6.45) is 2.13. The van der Waals surface area contributed by atoms with E-state index in [0.29, 0.717) is 23.8 Å². The van der Waals surface area contributed by atoms with Crippen molar-refractivity contribution in [2.24, 2.45) is 0 Å². The Kier molecular flexibility index (Phi) is 5.55. The molecular weight excluding hydrogens is 372 g/mol. The van der Waals surface area contributed by atoms with Crippen molar-refractivity contribution in [1.82, 2.24) is 15.2 Å². The van der Waals surface area contributed by atoms with Gasteiger partial charge in [0.1, 0.15) is 11.4 Å². The quantitative estimate of drug-likeness (QED) is 0.711. The summed E-state index contributed by atoms with van der Waals surface area (Å²) in [6.45, 7) is 3.57. The first kappa shape index (κ1) is 18.8. The van der Waals surface area contributed by atoms with Gasteiger partial charge in [-0.25, -0.2) is 4.98 Å². The Morgan fingerprint density at radius 1 is 1.04 bits per heavy atom. The first-order chi connectivity index (χ1) is 13.7. The molecule has 1 N–H and O–H groups in total. The zero-order valence-electron chi connectivity index (χ0n) is 15.8. The van der Waals surface area contributed by atoms with Crippen LogP contribution in [0.4, 0.5) is 5.95 Å². The lowest BCUT2D eigenvalue weighted by Gasteiger charge is -2.29. The molecule has 28 heavy (non-hydrogen) atoms. The van der Waals surface area contributed by atoms with Gasteiger partial charge in [0.2, 0.25) is 5.95 Å². The third-order valence-electron chi connectivity index (χ3n) is 5.16. The molecule has 1 aromatic heterocycles. The number of aliphatic hydroxyl groups is 1. The van der Waals surface area contributed by atoms with Crippen molar-refractivity contribution in [3.05, 3.63) is 59.1 Å². The SMILES string of the molecule is CCc1cccc(-c2nnc(N3CCC(O)CC3)nc2-c2ccccc2Cl)c1. The minimum atomic E-state index is -0.247. The Bertz CT molecular complexity index is 970. The highest BCUT2D eigenvalue weighted by atomic mass is 35.5. The molecule has 1 aliphatic rings. The number of hydrogen-bond donors (Lipinski definition) is 1. The lowest BCUT2D eigenvalue weighted by molar-refractivity contribution is 0.145. The largest absolute Gasteiger partial charge is 0.393 e. The minimum absolute atomic E-state index is 0.247. The number of halogens is 1. The van der Waals surface area contributed by atoms with Crippen molar-refractivity contribution < 1.29 is 5.11 Å². The molecule has 2 aromatic carbocycles. The fraction of sp³-hybridized carbons (Fsp3) is 0.318. The smallest absolute Gasteiger partial charge is 0.245 e. The average molecular weight is 395 g/mol. The molecule has 2 heterocycles. The van der Waals surface area contributed by atoms with Crippen LogP contribution in [-0.2, 0) is 6.42 Å². The third-order valence-corrected chi connectivity index (χ3v) is 5.49. The second kappa shape index (κ2) is 8.25. The summed E-state index contributed by atoms with van der Waals surface area (Å²) in [4.78, 5) is 6.95. The number of hydrogen-bond acceptors (Lipinski definition) is 5. The third kappa shape index (κ3) is 3.86. The molecule has 6 heteroatoms. The highest BCUT2D eigenvalue weighted by Gasteiger charge is 2.22. The van der Waals surface area contributed by atoms with Gasteiger partial charge in [0.05, 0.1) is 11.1 Å². The van der Waals surface area contributed by atoms with Gasteiger partial charge in [-0.05, 0) is 37.0 Å². The molecule has 0 amide bonds. The molecule has 1 fully saturated rings. The Balaban J connectivity index is 1.82. The van der Waals surface area contributed by atoms with Gasteiger partial charge in [0.25, 0.3) is 0 Å². The lowest BCUT2D eigenvalue weighted by Crippen LogP contribution is -2.37. The molecule has 0 atom stereocenters. The molecule has 1 aliphatic heterocycles. The number of piperidine rings is 1. The predicted molar refractivity (Wildman–Crippen MR) is 113 cm³/mol. The number of anilines is 1. The zero-order valence-corrected chi connectivity index (χ0v) is 16.6. The van der Waals surface area contributed by atoms with E-state index in [2.05, 4.69) is 34.2 Å². The van der Waals surface area contributed by atoms with Crippen LogP contribution in [0.1, 0.15) is 25.3 Å². The maximum atomic E-state index is 9.78. The monoisotopic (exact) mass is 394 g/mol. The molecule has 0 radical (unpaired) electrons. The zero-order chi connectivity index (χ0) is 19.5. The molecule has 144 valence electrons. The molecule has 3 aromatic rings. The topological polar surface area (TPSA) is 62.1 Å². The molecule has 0 unspecified atom stereocenters. The molecule has 0 saturated carbocycles. The van der Waals surface area contributed by atoms with Gasteiger partial charge in [-0.2, -0.15) is 0 Å². The number of nitrogens with zero attached hydrogens (tertiary/aromatic N) is 4. The summed E-state index contributed by atoms with van der Waals surface area (Å²) in [5.41, 5.74) is 4.52. The van der Waals surface area contributed by atoms with Crippen LogP contribution in [0, 0.1) is 0 Å². The number of aromatic nitrogens is 3. The molecule has 0 aliphatic carbocycles. The van der Waals surface area contributed by atoms with Gasteiger partial charge in [-0.1, -0.05) is 54.9 Å². The predicted octanol–water partition coefficient (Wildman–Crippen LogP) is 4.38. The summed E-state index contributed by atoms with van der Waals surface area (Å²) < 4.78 is 0. The standard InChI is InChI=1S/C22H23ClN4O/c1-2-15-6-5-7-16(14-15)20-21(18-8-3-4-9-19(18)23)24-22(26-25-20)27-12-10-17(28)11-13-27/h3-9,14,17,28H,2,10-13H2,1H3. The number of rotatable bonds is 4. The van der Waals surface area contributed by atoms with Crippen LogP contribution < -0.4 is 4.90 Å². The number of aryl methyl sites for hydroxylation is 1. The van der Waals surface area contributed by atoms with Gasteiger partial charge >= 0.3 is 0 Å². The summed E-state index contributed by atoms with van der Waals surface area (Å²) >= 11 is 6.50. The Morgan fingerprint density at radius 3 is 2.57 bits per heavy atom. The second-order valence-corrected chi connectivity index (χ2v) is 7.47. The van der Waals surface area contributed by atoms with Crippen LogP contribution in [0.2, 0.25) is 5.02 Å². The number of benzene rings is 2. The summed E-state index contributed by atoms with van der Waals surface area (Å²) in [7, 11) is 0. The number of aliphatic hydroxyl groups excluding tert-OH is 1. The Morgan fingerprint density at radius 2 is 1.82 bits per heavy atom. The summed E-state index contributed by atoms with van der Waals surface area (Å²) in [6, 6.07) is 16.0. The van der Waals surface area contributed by atoms with Crippen LogP contribution in [0.3, 0.4) is 0 Å². The fourth-order valence-corrected chi connectivity index (χ4v) is 3.72. The molecule has 1 saturated heterocycles. The normalized spacial score (nSPS) is 15.0. The minimum Gasteiger partial charge on any atom is -0.393 e. The van der Waals surface area contributed by atoms with E-state index >= 15 is 0 Å². The van der Waals surface area contributed by atoms with Crippen molar-refractivity contribution in [2.75, 3.05) is 18.0 Å². The van der Waals surface area contributed by atoms with Crippen molar-refractivity contribution in [3.63, 3.8) is 0 Å². The Hall–Kier alpha value is -2.50. The maximum absolute atomic E-state index is 9.78. The van der Waals surface area contributed by atoms with Crippen molar-refractivity contribution in [2.45, 2.75) is 32.3 Å². The molecular formula is C22H23ClN4O. The fourth-order valence-electron chi connectivity index (χ4n) is 3.49. The van der Waals surface area contributed by atoms with Crippen molar-refractivity contribution in [3.8, 4) is 22.5 Å². The van der Waals surface area contributed by atoms with Gasteiger partial charge in [0.15, 0.2) is 0 Å². The van der Waals surface area contributed by atoms with Crippen molar-refractivity contribution >= 4 is 17.5 Å². The highest BCUT2D eigenvalue weighted by molar-refractivity contribution is 6.33. The van der Waals surface area contributed by atoms with E-state index in [1.54, 1.807) is 0 Å². The first-order valence-corrected chi connectivity index (χ1v) is 10.1. The van der Waals surface area contributed by atoms with Crippen LogP contribution in [0.15, 0.2) is 48.5 Å². The van der Waals surface area contributed by atoms with Gasteiger partial charge in [-0.15, -0.1) is 10.2 Å². The summed E-state index contributed by atoms with van der Waals surface area (Å²) in [5, 5.41) is 19.4. The highest BCUT2D eigenvalue weighted by Crippen LogP contribution is 2.34. The van der Waals surface area contributed by atoms with E-state index in [1.165, 1.54) is 5.56 Å². The molecule has 0 bridgehead atoms. The first-order valence-electron chi connectivity index (χ1n) is 9.67. The molecule has 5 nitrogen and oxygen atoms in total. The van der Waals surface area contributed by atoms with E-state index < -0.39 is 0 Å². The van der Waals surface area contributed by atoms with Crippen molar-refractivity contribution in [1.29, 1.82) is 0 Å². The maximum Gasteiger partial charge on any atom is 0.245 e. The van der Waals surface area contributed by atoms with Gasteiger partial charge in [-0.3, -0.25) is 0 Å². The second-order valence-electron chi connectivity index (χ2n) is 7.06. The molecule has 0 spiro atoms. The van der Waals surface area contributed by atoms with Crippen LogP contribution in [-0.4, -0.2) is 39.5 Å². The van der Waals surface area contributed by atoms with Crippen LogP contribution >= 0.6 is 11.6 Å². The van der Waals surface area contributed by atoms with Gasteiger partial charge < -0.3 is 10.0 Å². The average Bonchev–Trinajstić information content (AvgIpc) is 2.74. The van der Waals surface area contributed by atoms with E-state index in [1.807, 2.05) is 36.4 Å². The van der Waals surface area contributed by atoms with E-state index in [9.17, 15) is 5.11 Å². The van der Waals surface area contributed by atoms with Gasteiger partial charge in [0, 0.05) is 24.2 Å².